The van der Waals surface area contributed by atoms with Crippen molar-refractivity contribution in [1.82, 2.24) is 15.4 Å². The van der Waals surface area contributed by atoms with Gasteiger partial charge in [-0.05, 0) is 65.6 Å². The van der Waals surface area contributed by atoms with Gasteiger partial charge in [-0.3, -0.25) is 4.79 Å². The Morgan fingerprint density at radius 2 is 1.74 bits per heavy atom. The van der Waals surface area contributed by atoms with E-state index < -0.39 is 50.8 Å². The third-order valence-corrected chi connectivity index (χ3v) is 8.75. The monoisotopic (exact) mass is 619 g/mol. The molecule has 4 rings (SSSR count). The van der Waals surface area contributed by atoms with Crippen LogP contribution < -0.4 is 15.4 Å². The zero-order valence-electron chi connectivity index (χ0n) is 24.4. The Labute approximate surface area is 250 Å². The molecule has 0 aromatic heterocycles. The van der Waals surface area contributed by atoms with E-state index in [1.807, 2.05) is 12.1 Å². The number of carbonyl (C=O) groups excluding carboxylic acids is 1. The van der Waals surface area contributed by atoms with Crippen molar-refractivity contribution >= 4 is 15.9 Å². The molecule has 0 heterocycles. The first-order valence-corrected chi connectivity index (χ1v) is 15.7. The Kier molecular flexibility index (Phi) is 9.98. The zero-order valence-corrected chi connectivity index (χ0v) is 25.2. The van der Waals surface area contributed by atoms with Crippen LogP contribution >= 0.6 is 0 Å². The van der Waals surface area contributed by atoms with Gasteiger partial charge in [0.15, 0.2) is 0 Å². The third-order valence-electron chi connectivity index (χ3n) is 7.28. The van der Waals surface area contributed by atoms with Crippen LogP contribution in [0.5, 0.6) is 0 Å². The van der Waals surface area contributed by atoms with Crippen LogP contribution in [0, 0.1) is 11.2 Å². The molecule has 1 amide bonds. The Bertz CT molecular complexity index is 1550. The second kappa shape index (κ2) is 13.2. The van der Waals surface area contributed by atoms with Crippen molar-refractivity contribution in [2.45, 2.75) is 76.2 Å². The number of aryl methyl sites for hydroxylation is 1. The molecule has 0 bridgehead atoms. The van der Waals surface area contributed by atoms with Crippen molar-refractivity contribution in [2.75, 3.05) is 6.54 Å². The lowest BCUT2D eigenvalue weighted by Gasteiger charge is -2.28. The molecular weight excluding hydrogens is 582 g/mol. The van der Waals surface area contributed by atoms with Crippen LogP contribution in [0.4, 0.5) is 17.6 Å². The van der Waals surface area contributed by atoms with Gasteiger partial charge in [-0.1, -0.05) is 63.2 Å². The normalized spacial score (nSPS) is 16.4. The lowest BCUT2D eigenvalue weighted by molar-refractivity contribution is -0.137. The summed E-state index contributed by atoms with van der Waals surface area (Å²) in [7, 11) is -4.56. The van der Waals surface area contributed by atoms with Gasteiger partial charge in [-0.2, -0.15) is 13.2 Å². The molecule has 0 fully saturated rings. The highest BCUT2D eigenvalue weighted by Gasteiger charge is 2.33. The number of halogens is 4. The molecule has 11 heteroatoms. The highest BCUT2D eigenvalue weighted by atomic mass is 32.2. The molecule has 0 radical (unpaired) electrons. The fourth-order valence-electron chi connectivity index (χ4n) is 5.22. The molecular formula is C32H37F4N3O3S. The summed E-state index contributed by atoms with van der Waals surface area (Å²) in [5.74, 6) is -1.27. The van der Waals surface area contributed by atoms with Crippen molar-refractivity contribution in [2.24, 2.45) is 5.41 Å². The maximum absolute atomic E-state index is 14.8. The van der Waals surface area contributed by atoms with Crippen LogP contribution in [0.1, 0.15) is 79.9 Å². The Morgan fingerprint density at radius 3 is 2.44 bits per heavy atom. The summed E-state index contributed by atoms with van der Waals surface area (Å²) in [5, 5.41) is 6.43. The second-order valence-electron chi connectivity index (χ2n) is 12.1. The molecule has 1 aliphatic carbocycles. The van der Waals surface area contributed by atoms with E-state index in [-0.39, 0.29) is 17.0 Å². The van der Waals surface area contributed by atoms with Gasteiger partial charge in [0.05, 0.1) is 22.5 Å². The summed E-state index contributed by atoms with van der Waals surface area (Å²) >= 11 is 0. The first kappa shape index (κ1) is 32.6. The molecule has 1 aliphatic rings. The molecule has 0 saturated heterocycles. The fraction of sp³-hybridized carbons (Fsp3) is 0.406. The summed E-state index contributed by atoms with van der Waals surface area (Å²) in [6.45, 7) is 8.06. The first-order chi connectivity index (χ1) is 20.1. The minimum absolute atomic E-state index is 0.0929. The van der Waals surface area contributed by atoms with E-state index in [2.05, 4.69) is 42.2 Å². The highest BCUT2D eigenvalue weighted by Crippen LogP contribution is 2.33. The number of amides is 1. The van der Waals surface area contributed by atoms with Crippen LogP contribution in [-0.4, -0.2) is 20.9 Å². The highest BCUT2D eigenvalue weighted by molar-refractivity contribution is 7.89. The van der Waals surface area contributed by atoms with Gasteiger partial charge in [-0.15, -0.1) is 0 Å². The topological polar surface area (TPSA) is 87.3 Å². The predicted molar refractivity (Wildman–Crippen MR) is 157 cm³/mol. The van der Waals surface area contributed by atoms with Gasteiger partial charge < -0.3 is 10.6 Å². The maximum Gasteiger partial charge on any atom is 0.416 e. The number of fused-ring (bicyclic) bond motifs is 1. The third kappa shape index (κ3) is 8.87. The summed E-state index contributed by atoms with van der Waals surface area (Å²) in [6, 6.07) is 13.1. The molecule has 3 aromatic rings. The van der Waals surface area contributed by atoms with Gasteiger partial charge in [0.2, 0.25) is 15.9 Å². The average molecular weight is 620 g/mol. The van der Waals surface area contributed by atoms with E-state index in [0.29, 0.717) is 12.5 Å². The van der Waals surface area contributed by atoms with Crippen molar-refractivity contribution in [3.05, 3.63) is 100 Å². The SMILES string of the molecule is CC(C)(C)CNCc1ccc2c(c1)CCC[C@H]2NC(=O)CC(NS(=O)(=O)c1cccc(C(F)(F)F)c1)c1ccccc1F. The number of rotatable bonds is 10. The number of carbonyl (C=O) groups is 1. The van der Waals surface area contributed by atoms with Crippen molar-refractivity contribution in [3.63, 3.8) is 0 Å². The molecule has 3 N–H and O–H groups in total. The van der Waals surface area contributed by atoms with Gasteiger partial charge >= 0.3 is 6.18 Å². The van der Waals surface area contributed by atoms with Gasteiger partial charge in [0, 0.05) is 25.1 Å². The molecule has 0 aliphatic heterocycles. The number of alkyl halides is 3. The number of nitrogens with one attached hydrogen (secondary N) is 3. The fourth-order valence-corrected chi connectivity index (χ4v) is 6.48. The minimum Gasteiger partial charge on any atom is -0.349 e. The largest absolute Gasteiger partial charge is 0.416 e. The minimum atomic E-state index is -4.75. The Balaban J connectivity index is 1.52. The summed E-state index contributed by atoms with van der Waals surface area (Å²) in [6.07, 6.45) is -2.82. The number of hydrogen-bond donors (Lipinski definition) is 3. The van der Waals surface area contributed by atoms with Crippen LogP contribution in [0.25, 0.3) is 0 Å². The van der Waals surface area contributed by atoms with Crippen LogP contribution in [-0.2, 0) is 34.0 Å². The molecule has 43 heavy (non-hydrogen) atoms. The van der Waals surface area contributed by atoms with Gasteiger partial charge in [0.25, 0.3) is 0 Å². The Morgan fingerprint density at radius 1 is 1.00 bits per heavy atom. The number of hydrogen-bond acceptors (Lipinski definition) is 4. The number of sulfonamides is 1. The zero-order chi connectivity index (χ0) is 31.4. The van der Waals surface area contributed by atoms with Gasteiger partial charge in [-0.25, -0.2) is 17.5 Å². The summed E-state index contributed by atoms with van der Waals surface area (Å²) in [5.41, 5.74) is 2.17. The predicted octanol–water partition coefficient (Wildman–Crippen LogP) is 6.58. The molecule has 1 unspecified atom stereocenters. The molecule has 3 aromatic carbocycles. The molecule has 0 saturated carbocycles. The number of benzene rings is 3. The van der Waals surface area contributed by atoms with Crippen LogP contribution in [0.2, 0.25) is 0 Å². The quantitative estimate of drug-likeness (QED) is 0.224. The van der Waals surface area contributed by atoms with Crippen LogP contribution in [0.3, 0.4) is 0 Å². The van der Waals surface area contributed by atoms with Crippen molar-refractivity contribution in [1.29, 1.82) is 0 Å². The summed E-state index contributed by atoms with van der Waals surface area (Å²) in [4.78, 5) is 12.7. The van der Waals surface area contributed by atoms with E-state index in [4.69, 9.17) is 0 Å². The molecule has 0 spiro atoms. The molecule has 2 atom stereocenters. The standard InChI is InChI=1S/C32H37F4N3O3S/c1-31(2,3)20-37-19-21-14-15-25-22(16-21)8-6-13-28(25)38-30(40)18-29(26-11-4-5-12-27(26)33)39-43(41,42)24-10-7-9-23(17-24)32(34,35)36/h4-5,7,9-12,14-17,28-29,37,39H,6,8,13,18-20H2,1-3H3,(H,38,40)/t28-,29?/m1/s1. The van der Waals surface area contributed by atoms with E-state index in [9.17, 15) is 30.8 Å². The van der Waals surface area contributed by atoms with Gasteiger partial charge in [0.1, 0.15) is 5.82 Å². The summed E-state index contributed by atoms with van der Waals surface area (Å²) < 4.78 is 83.1. The van der Waals surface area contributed by atoms with E-state index in [1.54, 1.807) is 0 Å². The molecule has 232 valence electrons. The smallest absolute Gasteiger partial charge is 0.349 e. The lowest BCUT2D eigenvalue weighted by Crippen LogP contribution is -2.36. The maximum atomic E-state index is 14.8. The van der Waals surface area contributed by atoms with E-state index in [0.717, 1.165) is 66.9 Å². The molecule has 6 nitrogen and oxygen atoms in total. The van der Waals surface area contributed by atoms with Crippen LogP contribution in [0.15, 0.2) is 71.6 Å². The lowest BCUT2D eigenvalue weighted by atomic mass is 9.86. The van der Waals surface area contributed by atoms with E-state index in [1.165, 1.54) is 18.2 Å². The van der Waals surface area contributed by atoms with Crippen molar-refractivity contribution in [3.8, 4) is 0 Å². The Hall–Kier alpha value is -3.28. The van der Waals surface area contributed by atoms with E-state index >= 15 is 0 Å². The first-order valence-electron chi connectivity index (χ1n) is 14.2. The average Bonchev–Trinajstić information content (AvgIpc) is 2.92. The van der Waals surface area contributed by atoms with Crippen molar-refractivity contribution < 1.29 is 30.8 Å². The second-order valence-corrected chi connectivity index (χ2v) is 13.8.